The lowest BCUT2D eigenvalue weighted by Crippen LogP contribution is -1.74. The van der Waals surface area contributed by atoms with Crippen LogP contribution in [-0.4, -0.2) is 0 Å². The molecular weight excluding hydrogens is 152 g/mol. The number of hydrogen-bond donors (Lipinski definition) is 0. The minimum absolute atomic E-state index is 0.817. The molecule has 56 valence electrons. The van der Waals surface area contributed by atoms with Crippen molar-refractivity contribution in [2.24, 2.45) is 0 Å². The maximum Gasteiger partial charge on any atom is 0.0432 e. The fourth-order valence-corrected chi connectivity index (χ4v) is 2.79. The molecule has 0 nitrogen and oxygen atoms in total. The molecule has 1 heterocycles. The Morgan fingerprint density at radius 2 is 2.45 bits per heavy atom. The van der Waals surface area contributed by atoms with E-state index in [1.807, 2.05) is 11.3 Å². The van der Waals surface area contributed by atoms with Crippen LogP contribution < -0.4 is 0 Å². The van der Waals surface area contributed by atoms with Crippen molar-refractivity contribution < 1.29 is 0 Å². The van der Waals surface area contributed by atoms with Crippen LogP contribution in [0.3, 0.4) is 0 Å². The first-order valence-electron chi connectivity index (χ1n) is 3.94. The molecule has 0 fully saturated rings. The van der Waals surface area contributed by atoms with Gasteiger partial charge >= 0.3 is 0 Å². The third kappa shape index (κ3) is 1.19. The average Bonchev–Trinajstić information content (AvgIpc) is 2.46. The van der Waals surface area contributed by atoms with Gasteiger partial charge in [0.2, 0.25) is 0 Å². The predicted octanol–water partition coefficient (Wildman–Crippen LogP) is 2.41. The highest BCUT2D eigenvalue weighted by Gasteiger charge is 2.13. The van der Waals surface area contributed by atoms with Crippen molar-refractivity contribution in [1.29, 1.82) is 0 Å². The summed E-state index contributed by atoms with van der Waals surface area (Å²) < 4.78 is 0. The molecule has 0 saturated heterocycles. The minimum atomic E-state index is 0.817. The molecule has 1 aliphatic rings. The summed E-state index contributed by atoms with van der Waals surface area (Å²) in [5.41, 5.74) is 1.56. The molecule has 1 aliphatic carbocycles. The van der Waals surface area contributed by atoms with Gasteiger partial charge in [-0.15, -0.1) is 23.7 Å². The molecule has 0 N–H and O–H groups in total. The predicted molar refractivity (Wildman–Crippen MR) is 48.9 cm³/mol. The van der Waals surface area contributed by atoms with Crippen LogP contribution in [0.1, 0.15) is 21.7 Å². The Labute approximate surface area is 71.3 Å². The highest BCUT2D eigenvalue weighted by Crippen LogP contribution is 2.30. The van der Waals surface area contributed by atoms with Crippen LogP contribution in [0, 0.1) is 12.3 Å². The van der Waals surface area contributed by atoms with Gasteiger partial charge < -0.3 is 0 Å². The fraction of sp³-hybridized carbons (Fsp3) is 0.400. The largest absolute Gasteiger partial charge is 0.144 e. The summed E-state index contributed by atoms with van der Waals surface area (Å²) in [6.45, 7) is 0. The zero-order valence-electron chi connectivity index (χ0n) is 6.39. The van der Waals surface area contributed by atoms with Crippen LogP contribution in [0.25, 0.3) is 0 Å². The van der Waals surface area contributed by atoms with Gasteiger partial charge in [0.15, 0.2) is 0 Å². The van der Waals surface area contributed by atoms with Crippen LogP contribution in [0.4, 0.5) is 0 Å². The van der Waals surface area contributed by atoms with Gasteiger partial charge in [-0.1, -0.05) is 0 Å². The molecular formula is C10H10S. The number of thiophene rings is 1. The van der Waals surface area contributed by atoms with Gasteiger partial charge in [0.1, 0.15) is 0 Å². The second-order valence-electron chi connectivity index (χ2n) is 2.90. The van der Waals surface area contributed by atoms with Crippen molar-refractivity contribution in [1.82, 2.24) is 0 Å². The normalized spacial score (nSPS) is 14.5. The Morgan fingerprint density at radius 3 is 3.18 bits per heavy atom. The lowest BCUT2D eigenvalue weighted by molar-refractivity contribution is 0.914. The Bertz CT molecular complexity index is 280. The average molecular weight is 162 g/mol. The van der Waals surface area contributed by atoms with Gasteiger partial charge in [-0.2, -0.15) is 0 Å². The summed E-state index contributed by atoms with van der Waals surface area (Å²) in [5.74, 6) is 2.68. The van der Waals surface area contributed by atoms with Crippen LogP contribution in [0.15, 0.2) is 6.07 Å². The Balaban J connectivity index is 2.29. The molecule has 0 saturated carbocycles. The maximum absolute atomic E-state index is 5.24. The van der Waals surface area contributed by atoms with Crippen LogP contribution in [-0.2, 0) is 19.3 Å². The number of terminal acetylenes is 1. The highest BCUT2D eigenvalue weighted by atomic mass is 32.1. The summed E-state index contributed by atoms with van der Waals surface area (Å²) in [4.78, 5) is 2.95. The van der Waals surface area contributed by atoms with Gasteiger partial charge in [-0.25, -0.2) is 0 Å². The first-order chi connectivity index (χ1) is 5.40. The summed E-state index contributed by atoms with van der Waals surface area (Å²) in [5, 5.41) is 0. The molecule has 1 aromatic heterocycles. The Kier molecular flexibility index (Phi) is 1.71. The molecule has 0 unspecified atom stereocenters. The molecule has 2 rings (SSSR count). The van der Waals surface area contributed by atoms with Gasteiger partial charge in [0, 0.05) is 16.2 Å². The molecule has 0 amide bonds. The summed E-state index contributed by atoms with van der Waals surface area (Å²) in [6.07, 6.45) is 9.95. The van der Waals surface area contributed by atoms with E-state index in [1.54, 1.807) is 10.4 Å². The quantitative estimate of drug-likeness (QED) is 0.556. The molecule has 0 radical (unpaired) electrons. The lowest BCUT2D eigenvalue weighted by atomic mass is 10.2. The molecule has 1 aromatic rings. The standard InChI is InChI=1S/C10H10S/c1-2-4-9-7-8-5-3-6-10(8)11-9/h1,7H,3-6H2. The topological polar surface area (TPSA) is 0 Å². The number of aryl methyl sites for hydroxylation is 2. The summed E-state index contributed by atoms with van der Waals surface area (Å²) >= 11 is 1.90. The first-order valence-corrected chi connectivity index (χ1v) is 4.75. The van der Waals surface area contributed by atoms with E-state index in [4.69, 9.17) is 6.42 Å². The van der Waals surface area contributed by atoms with Crippen LogP contribution in [0.5, 0.6) is 0 Å². The Hall–Kier alpha value is -0.740. The minimum Gasteiger partial charge on any atom is -0.144 e. The van der Waals surface area contributed by atoms with E-state index in [2.05, 4.69) is 12.0 Å². The van der Waals surface area contributed by atoms with Crippen molar-refractivity contribution in [3.63, 3.8) is 0 Å². The van der Waals surface area contributed by atoms with E-state index >= 15 is 0 Å². The molecule has 0 atom stereocenters. The van der Waals surface area contributed by atoms with E-state index in [0.29, 0.717) is 0 Å². The SMILES string of the molecule is C#CCc1cc2c(s1)CCC2. The molecule has 0 bridgehead atoms. The molecule has 0 aromatic carbocycles. The second kappa shape index (κ2) is 2.71. The van der Waals surface area contributed by atoms with Crippen LogP contribution in [0.2, 0.25) is 0 Å². The van der Waals surface area contributed by atoms with Gasteiger partial charge in [-0.05, 0) is 30.9 Å². The first kappa shape index (κ1) is 6.94. The molecule has 11 heavy (non-hydrogen) atoms. The van der Waals surface area contributed by atoms with E-state index < -0.39 is 0 Å². The molecule has 0 aliphatic heterocycles. The summed E-state index contributed by atoms with van der Waals surface area (Å²) in [7, 11) is 0. The zero-order valence-corrected chi connectivity index (χ0v) is 7.21. The van der Waals surface area contributed by atoms with Gasteiger partial charge in [0.25, 0.3) is 0 Å². The van der Waals surface area contributed by atoms with Gasteiger partial charge in [-0.3, -0.25) is 0 Å². The number of fused-ring (bicyclic) bond motifs is 1. The van der Waals surface area contributed by atoms with Crippen molar-refractivity contribution in [2.45, 2.75) is 25.7 Å². The third-order valence-electron chi connectivity index (χ3n) is 2.07. The van der Waals surface area contributed by atoms with E-state index in [9.17, 15) is 0 Å². The van der Waals surface area contributed by atoms with E-state index in [-0.39, 0.29) is 0 Å². The van der Waals surface area contributed by atoms with Crippen LogP contribution >= 0.6 is 11.3 Å². The number of rotatable bonds is 1. The fourth-order valence-electron chi connectivity index (χ4n) is 1.58. The van der Waals surface area contributed by atoms with Crippen molar-refractivity contribution in [2.75, 3.05) is 0 Å². The lowest BCUT2D eigenvalue weighted by Gasteiger charge is -1.85. The zero-order chi connectivity index (χ0) is 7.68. The third-order valence-corrected chi connectivity index (χ3v) is 3.31. The monoisotopic (exact) mass is 162 g/mol. The van der Waals surface area contributed by atoms with Crippen molar-refractivity contribution >= 4 is 11.3 Å². The summed E-state index contributed by atoms with van der Waals surface area (Å²) in [6, 6.07) is 2.28. The van der Waals surface area contributed by atoms with E-state index in [1.165, 1.54) is 24.1 Å². The second-order valence-corrected chi connectivity index (χ2v) is 4.12. The smallest absolute Gasteiger partial charge is 0.0432 e. The maximum atomic E-state index is 5.24. The van der Waals surface area contributed by atoms with Crippen molar-refractivity contribution in [3.05, 3.63) is 21.4 Å². The number of hydrogen-bond acceptors (Lipinski definition) is 1. The Morgan fingerprint density at radius 1 is 1.55 bits per heavy atom. The van der Waals surface area contributed by atoms with Crippen molar-refractivity contribution in [3.8, 4) is 12.3 Å². The molecule has 0 spiro atoms. The van der Waals surface area contributed by atoms with Gasteiger partial charge in [0.05, 0.1) is 0 Å². The van der Waals surface area contributed by atoms with E-state index in [0.717, 1.165) is 6.42 Å². The molecule has 1 heteroatoms. The highest BCUT2D eigenvalue weighted by molar-refractivity contribution is 7.12.